The van der Waals surface area contributed by atoms with Gasteiger partial charge in [0, 0.05) is 10.9 Å². The van der Waals surface area contributed by atoms with E-state index in [0.29, 0.717) is 38.6 Å². The Kier molecular flexibility index (Phi) is 4.68. The van der Waals surface area contributed by atoms with Gasteiger partial charge in [0.15, 0.2) is 5.52 Å². The fourth-order valence-corrected chi connectivity index (χ4v) is 4.33. The highest BCUT2D eigenvalue weighted by Crippen LogP contribution is 2.46. The Morgan fingerprint density at radius 3 is 2.46 bits per heavy atom. The fraction of sp³-hybridized carbons (Fsp3) is 0.476. The Bertz CT molecular complexity index is 1010. The predicted octanol–water partition coefficient (Wildman–Crippen LogP) is 6.66. The number of aromatic nitrogens is 3. The Hall–Kier alpha value is -1.85. The standard InChI is InChI=1S/C21H22Cl2N4O/c1-11-24-18(14(8-12-2-3-12)9-13-4-5-13)20-19(25-11)21(27-28-20)26-17-7-6-15(22)10-16(17)23/h6-7,10,12-14H,2-5,8-9H2,1H3,(H,26,27). The number of aryl methyl sites for hydroxylation is 1. The molecule has 2 heterocycles. The van der Waals surface area contributed by atoms with Crippen LogP contribution >= 0.6 is 23.2 Å². The number of nitrogens with zero attached hydrogens (tertiary/aromatic N) is 3. The molecule has 2 aliphatic carbocycles. The third-order valence-electron chi connectivity index (χ3n) is 5.66. The molecular formula is C21H22Cl2N4O. The number of hydrogen-bond acceptors (Lipinski definition) is 5. The zero-order valence-electron chi connectivity index (χ0n) is 15.7. The minimum atomic E-state index is 0.420. The zero-order valence-corrected chi connectivity index (χ0v) is 17.2. The first kappa shape index (κ1) is 18.2. The number of nitrogens with one attached hydrogen (secondary N) is 1. The van der Waals surface area contributed by atoms with Gasteiger partial charge in [-0.2, -0.15) is 0 Å². The summed E-state index contributed by atoms with van der Waals surface area (Å²) in [4.78, 5) is 9.41. The summed E-state index contributed by atoms with van der Waals surface area (Å²) in [5, 5.41) is 8.59. The molecule has 146 valence electrons. The fourth-order valence-electron chi connectivity index (χ4n) is 3.88. The molecule has 1 N–H and O–H groups in total. The van der Waals surface area contributed by atoms with Crippen LogP contribution in [0.3, 0.4) is 0 Å². The summed E-state index contributed by atoms with van der Waals surface area (Å²) in [5.74, 6) is 3.39. The molecule has 28 heavy (non-hydrogen) atoms. The topological polar surface area (TPSA) is 63.8 Å². The van der Waals surface area contributed by atoms with E-state index in [-0.39, 0.29) is 0 Å². The number of rotatable bonds is 7. The monoisotopic (exact) mass is 416 g/mol. The molecule has 0 unspecified atom stereocenters. The highest BCUT2D eigenvalue weighted by atomic mass is 35.5. The molecule has 5 nitrogen and oxygen atoms in total. The van der Waals surface area contributed by atoms with E-state index in [0.717, 1.165) is 23.4 Å². The normalized spacial score (nSPS) is 16.9. The molecule has 0 atom stereocenters. The summed E-state index contributed by atoms with van der Waals surface area (Å²) in [7, 11) is 0. The molecule has 3 aromatic rings. The van der Waals surface area contributed by atoms with Crippen molar-refractivity contribution < 1.29 is 4.52 Å². The number of halogens is 2. The van der Waals surface area contributed by atoms with Gasteiger partial charge in [0.05, 0.1) is 16.4 Å². The first-order valence-electron chi connectivity index (χ1n) is 9.93. The summed E-state index contributed by atoms with van der Waals surface area (Å²) in [6.45, 7) is 1.93. The van der Waals surface area contributed by atoms with Crippen LogP contribution in [0.2, 0.25) is 10.0 Å². The van der Waals surface area contributed by atoms with Crippen molar-refractivity contribution in [2.45, 2.75) is 51.4 Å². The van der Waals surface area contributed by atoms with E-state index in [1.165, 1.54) is 38.5 Å². The largest absolute Gasteiger partial charge is 0.350 e. The van der Waals surface area contributed by atoms with Crippen molar-refractivity contribution in [2.24, 2.45) is 11.8 Å². The molecule has 2 fully saturated rings. The van der Waals surface area contributed by atoms with Gasteiger partial charge in [-0.15, -0.1) is 0 Å². The van der Waals surface area contributed by atoms with Gasteiger partial charge in [0.1, 0.15) is 5.82 Å². The maximum absolute atomic E-state index is 6.30. The SMILES string of the molecule is Cc1nc(C(CC2CC2)CC2CC2)c2onc(Nc3ccc(Cl)cc3Cl)c2n1. The van der Waals surface area contributed by atoms with Crippen LogP contribution in [0.1, 0.15) is 56.0 Å². The number of benzene rings is 1. The van der Waals surface area contributed by atoms with E-state index in [1.807, 2.05) is 13.0 Å². The van der Waals surface area contributed by atoms with Gasteiger partial charge in [0.2, 0.25) is 11.4 Å². The van der Waals surface area contributed by atoms with Crippen molar-refractivity contribution in [1.82, 2.24) is 15.1 Å². The molecule has 2 aliphatic rings. The smallest absolute Gasteiger partial charge is 0.209 e. The highest BCUT2D eigenvalue weighted by molar-refractivity contribution is 6.36. The molecule has 0 spiro atoms. The van der Waals surface area contributed by atoms with Crippen molar-refractivity contribution >= 4 is 45.8 Å². The molecule has 0 aliphatic heterocycles. The lowest BCUT2D eigenvalue weighted by atomic mass is 9.91. The van der Waals surface area contributed by atoms with E-state index in [2.05, 4.69) is 15.5 Å². The van der Waals surface area contributed by atoms with E-state index < -0.39 is 0 Å². The number of fused-ring (bicyclic) bond motifs is 1. The molecule has 0 radical (unpaired) electrons. The molecule has 2 aromatic heterocycles. The molecule has 7 heteroatoms. The van der Waals surface area contributed by atoms with Crippen LogP contribution < -0.4 is 5.32 Å². The van der Waals surface area contributed by atoms with Gasteiger partial charge in [-0.1, -0.05) is 54.0 Å². The van der Waals surface area contributed by atoms with Crippen LogP contribution in [0.4, 0.5) is 11.5 Å². The molecule has 0 saturated heterocycles. The summed E-state index contributed by atoms with van der Waals surface area (Å²) < 4.78 is 5.75. The first-order valence-corrected chi connectivity index (χ1v) is 10.7. The van der Waals surface area contributed by atoms with Crippen LogP contribution in [0.25, 0.3) is 11.1 Å². The minimum absolute atomic E-state index is 0.420. The zero-order chi connectivity index (χ0) is 19.3. The van der Waals surface area contributed by atoms with Crippen LogP contribution in [-0.4, -0.2) is 15.1 Å². The predicted molar refractivity (Wildman–Crippen MR) is 112 cm³/mol. The van der Waals surface area contributed by atoms with E-state index in [9.17, 15) is 0 Å². The summed E-state index contributed by atoms with van der Waals surface area (Å²) in [5.41, 5.74) is 3.14. The van der Waals surface area contributed by atoms with Crippen molar-refractivity contribution in [3.63, 3.8) is 0 Å². The minimum Gasteiger partial charge on any atom is -0.350 e. The summed E-state index contributed by atoms with van der Waals surface area (Å²) >= 11 is 12.3. The molecule has 0 amide bonds. The second kappa shape index (κ2) is 7.20. The average Bonchev–Trinajstić information content (AvgIpc) is 3.58. The van der Waals surface area contributed by atoms with Gasteiger partial charge in [-0.3, -0.25) is 0 Å². The maximum atomic E-state index is 6.30. The van der Waals surface area contributed by atoms with Gasteiger partial charge >= 0.3 is 0 Å². The Labute approximate surface area is 173 Å². The summed E-state index contributed by atoms with van der Waals surface area (Å²) in [6, 6.07) is 5.30. The maximum Gasteiger partial charge on any atom is 0.209 e. The second-order valence-electron chi connectivity index (χ2n) is 8.17. The Morgan fingerprint density at radius 2 is 1.82 bits per heavy atom. The van der Waals surface area contributed by atoms with Gasteiger partial charge in [0.25, 0.3) is 0 Å². The third kappa shape index (κ3) is 3.83. The van der Waals surface area contributed by atoms with Gasteiger partial charge < -0.3 is 9.84 Å². The van der Waals surface area contributed by atoms with Crippen LogP contribution in [0.15, 0.2) is 22.7 Å². The lowest BCUT2D eigenvalue weighted by Gasteiger charge is -2.16. The lowest BCUT2D eigenvalue weighted by molar-refractivity contribution is 0.441. The molecule has 2 saturated carbocycles. The number of hydrogen-bond donors (Lipinski definition) is 1. The molecule has 5 rings (SSSR count). The average molecular weight is 417 g/mol. The highest BCUT2D eigenvalue weighted by Gasteiger charge is 2.34. The van der Waals surface area contributed by atoms with E-state index >= 15 is 0 Å². The van der Waals surface area contributed by atoms with E-state index in [1.54, 1.807) is 12.1 Å². The van der Waals surface area contributed by atoms with Crippen LogP contribution in [0.5, 0.6) is 0 Å². The Morgan fingerprint density at radius 1 is 1.11 bits per heavy atom. The first-order chi connectivity index (χ1) is 13.6. The van der Waals surface area contributed by atoms with E-state index in [4.69, 9.17) is 32.7 Å². The van der Waals surface area contributed by atoms with Crippen molar-refractivity contribution in [3.8, 4) is 0 Å². The van der Waals surface area contributed by atoms with Crippen molar-refractivity contribution in [2.75, 3.05) is 5.32 Å². The molecule has 0 bridgehead atoms. The van der Waals surface area contributed by atoms with Gasteiger partial charge in [-0.05, 0) is 49.8 Å². The van der Waals surface area contributed by atoms with Crippen molar-refractivity contribution in [3.05, 3.63) is 39.8 Å². The Balaban J connectivity index is 1.52. The van der Waals surface area contributed by atoms with Crippen LogP contribution in [-0.2, 0) is 0 Å². The molecule has 1 aromatic carbocycles. The molecular weight excluding hydrogens is 395 g/mol. The second-order valence-corrected chi connectivity index (χ2v) is 9.01. The lowest BCUT2D eigenvalue weighted by Crippen LogP contribution is -2.07. The van der Waals surface area contributed by atoms with Gasteiger partial charge in [-0.25, -0.2) is 9.97 Å². The van der Waals surface area contributed by atoms with Crippen molar-refractivity contribution in [1.29, 1.82) is 0 Å². The summed E-state index contributed by atoms with van der Waals surface area (Å²) in [6.07, 6.45) is 7.74. The number of anilines is 2. The third-order valence-corrected chi connectivity index (χ3v) is 6.20. The van der Waals surface area contributed by atoms with Crippen LogP contribution in [0, 0.1) is 18.8 Å². The quantitative estimate of drug-likeness (QED) is 0.466.